The van der Waals surface area contributed by atoms with Gasteiger partial charge >= 0.3 is 0 Å². The summed E-state index contributed by atoms with van der Waals surface area (Å²) in [5.41, 5.74) is 10.9. The van der Waals surface area contributed by atoms with E-state index in [1.165, 1.54) is 0 Å². The van der Waals surface area contributed by atoms with Gasteiger partial charge in [-0.1, -0.05) is 153 Å². The molecule has 3 heterocycles. The fourth-order valence-corrected chi connectivity index (χ4v) is 7.33. The number of nitrogens with zero attached hydrogens (tertiary/aromatic N) is 3. The minimum absolute atomic E-state index is 0. The molecule has 291 valence electrons. The average Bonchev–Trinajstić information content (AvgIpc) is 3.88. The summed E-state index contributed by atoms with van der Waals surface area (Å²) < 4.78 is 49.2. The Morgan fingerprint density at radius 2 is 1.44 bits per heavy atom. The molecule has 1 radical (unpaired) electrons. The van der Waals surface area contributed by atoms with Crippen molar-refractivity contribution in [2.45, 2.75) is 34.0 Å². The predicted molar refractivity (Wildman–Crippen MR) is 240 cm³/mol. The molecular formula is C54H43IrN3O-2. The van der Waals surface area contributed by atoms with Crippen LogP contribution in [0.25, 0.3) is 83.6 Å². The van der Waals surface area contributed by atoms with Crippen LogP contribution in [0.5, 0.6) is 0 Å². The minimum atomic E-state index is -2.24. The van der Waals surface area contributed by atoms with Gasteiger partial charge in [0.1, 0.15) is 5.58 Å². The Bertz CT molecular complexity index is 3230. The topological polar surface area (TPSA) is 43.9 Å². The van der Waals surface area contributed by atoms with Gasteiger partial charge in [-0.2, -0.15) is 0 Å². The fraction of sp³-hybridized carbons (Fsp3) is 0.111. The largest absolute Gasteiger partial charge is 0.501 e. The van der Waals surface area contributed by atoms with E-state index in [-0.39, 0.29) is 25.7 Å². The SMILES string of the molecule is [2H]C([2H])([2H])c1c[c-]c(-c2nc3ccccc3n2-c2ccccc2)cc1-c1ccccc1.[2H]C([2H])(c1ccc(-c2ccnc(-c3[c-]ccc4c3oc3ccccc34)c2)cc1)C(C)(C)C.[Ir]. The van der Waals surface area contributed by atoms with Crippen LogP contribution in [0.3, 0.4) is 0 Å². The van der Waals surface area contributed by atoms with Crippen LogP contribution in [0.1, 0.15) is 38.8 Å². The zero-order chi connectivity index (χ0) is 43.9. The molecule has 0 spiro atoms. The van der Waals surface area contributed by atoms with Crippen LogP contribution in [-0.4, -0.2) is 14.5 Å². The van der Waals surface area contributed by atoms with E-state index in [1.807, 2.05) is 178 Å². The smallest absolute Gasteiger partial charge is 0.120 e. The van der Waals surface area contributed by atoms with Gasteiger partial charge in [-0.05, 0) is 76.1 Å². The molecule has 0 saturated heterocycles. The Balaban J connectivity index is 0.000000172. The van der Waals surface area contributed by atoms with Crippen molar-refractivity contribution in [3.05, 3.63) is 199 Å². The second kappa shape index (κ2) is 16.8. The number of furan rings is 1. The van der Waals surface area contributed by atoms with Crippen molar-refractivity contribution in [2.24, 2.45) is 5.41 Å². The number of rotatable bonds is 6. The van der Waals surface area contributed by atoms with Gasteiger partial charge in [0.05, 0.1) is 22.4 Å². The Morgan fingerprint density at radius 3 is 2.22 bits per heavy atom. The number of hydrogen-bond acceptors (Lipinski definition) is 3. The predicted octanol–water partition coefficient (Wildman–Crippen LogP) is 14.2. The van der Waals surface area contributed by atoms with E-state index in [4.69, 9.17) is 16.3 Å². The zero-order valence-electron chi connectivity index (χ0n) is 37.8. The third-order valence-electron chi connectivity index (χ3n) is 9.94. The molecule has 10 aromatic rings. The Morgan fingerprint density at radius 1 is 0.712 bits per heavy atom. The number of aryl methyl sites for hydroxylation is 1. The van der Waals surface area contributed by atoms with Gasteiger partial charge in [0.15, 0.2) is 0 Å². The maximum absolute atomic E-state index is 8.51. The van der Waals surface area contributed by atoms with E-state index in [1.54, 1.807) is 12.3 Å². The van der Waals surface area contributed by atoms with E-state index >= 15 is 0 Å². The second-order valence-corrected chi connectivity index (χ2v) is 15.2. The minimum Gasteiger partial charge on any atom is -0.501 e. The molecule has 0 atom stereocenters. The monoisotopic (exact) mass is 947 g/mol. The average molecular weight is 947 g/mol. The van der Waals surface area contributed by atoms with Gasteiger partial charge in [0.2, 0.25) is 0 Å². The van der Waals surface area contributed by atoms with Crippen LogP contribution in [-0.2, 0) is 26.5 Å². The first kappa shape index (κ1) is 33.6. The van der Waals surface area contributed by atoms with Gasteiger partial charge in [0, 0.05) is 44.2 Å². The third-order valence-corrected chi connectivity index (χ3v) is 9.94. The molecule has 0 unspecified atom stereocenters. The second-order valence-electron chi connectivity index (χ2n) is 15.2. The van der Waals surface area contributed by atoms with Crippen LogP contribution < -0.4 is 0 Å². The van der Waals surface area contributed by atoms with Gasteiger partial charge in [0.25, 0.3) is 0 Å². The molecule has 59 heavy (non-hydrogen) atoms. The quantitative estimate of drug-likeness (QED) is 0.156. The van der Waals surface area contributed by atoms with Crippen molar-refractivity contribution in [2.75, 3.05) is 0 Å². The van der Waals surface area contributed by atoms with Crippen molar-refractivity contribution in [3.63, 3.8) is 0 Å². The van der Waals surface area contributed by atoms with Gasteiger partial charge in [-0.25, -0.2) is 0 Å². The van der Waals surface area contributed by atoms with E-state index < -0.39 is 18.6 Å². The first-order chi connectivity index (χ1) is 30.3. The summed E-state index contributed by atoms with van der Waals surface area (Å²) in [7, 11) is 0. The molecule has 0 N–H and O–H groups in total. The molecule has 10 rings (SSSR count). The Kier molecular flexibility index (Phi) is 9.58. The van der Waals surface area contributed by atoms with Crippen LogP contribution in [0.15, 0.2) is 180 Å². The van der Waals surface area contributed by atoms with Gasteiger partial charge < -0.3 is 14.0 Å². The summed E-state index contributed by atoms with van der Waals surface area (Å²) in [6.45, 7) is 3.53. The maximum Gasteiger partial charge on any atom is 0.120 e. The summed E-state index contributed by atoms with van der Waals surface area (Å²) in [5, 5.41) is 2.13. The molecular weight excluding hydrogens is 899 g/mol. The molecule has 0 aliphatic rings. The van der Waals surface area contributed by atoms with Crippen molar-refractivity contribution in [3.8, 4) is 50.6 Å². The number of imidazole rings is 1. The van der Waals surface area contributed by atoms with Crippen molar-refractivity contribution in [1.82, 2.24) is 14.5 Å². The number of hydrogen-bond donors (Lipinski definition) is 0. The van der Waals surface area contributed by atoms with Crippen LogP contribution in [0.2, 0.25) is 0 Å². The maximum atomic E-state index is 8.51. The molecule has 0 bridgehead atoms. The summed E-state index contributed by atoms with van der Waals surface area (Å²) in [6, 6.07) is 61.2. The zero-order valence-corrected chi connectivity index (χ0v) is 35.2. The number of fused-ring (bicyclic) bond motifs is 4. The molecule has 0 amide bonds. The van der Waals surface area contributed by atoms with Crippen LogP contribution in [0.4, 0.5) is 0 Å². The molecule has 0 fully saturated rings. The van der Waals surface area contributed by atoms with E-state index in [9.17, 15) is 0 Å². The third kappa shape index (κ3) is 8.31. The van der Waals surface area contributed by atoms with Crippen molar-refractivity contribution in [1.29, 1.82) is 0 Å². The summed E-state index contributed by atoms with van der Waals surface area (Å²) in [5.74, 6) is 0.724. The first-order valence-electron chi connectivity index (χ1n) is 21.8. The van der Waals surface area contributed by atoms with Gasteiger partial charge in [-0.3, -0.25) is 4.98 Å². The Labute approximate surface area is 366 Å². The number of benzene rings is 7. The summed E-state index contributed by atoms with van der Waals surface area (Å²) in [4.78, 5) is 9.47. The number of aromatic nitrogens is 3. The summed E-state index contributed by atoms with van der Waals surface area (Å²) >= 11 is 0. The first-order valence-corrected chi connectivity index (χ1v) is 19.3. The molecule has 4 nitrogen and oxygen atoms in total. The number of pyridine rings is 1. The normalized spacial score (nSPS) is 13.0. The summed E-state index contributed by atoms with van der Waals surface area (Å²) in [6.07, 6.45) is 0.378. The standard InChI is InChI=1S/C28H24NO.C26H19N2.Ir/c1-28(2,3)18-19-11-13-20(14-12-19)21-15-16-29-25(17-21)24-9-6-8-23-22-7-4-5-10-26(22)30-27(23)24;1-19-16-17-21(18-23(19)20-10-4-2-5-11-20)26-27-24-14-8-9-15-25(24)28(26)22-12-6-3-7-13-22;/h4-8,10-17H,18H2,1-3H3;2-16,18H,1H3;/q2*-1;/i18D2;1D3;. The molecule has 7 aromatic carbocycles. The van der Waals surface area contributed by atoms with E-state index in [2.05, 4.69) is 27.8 Å². The van der Waals surface area contributed by atoms with Crippen molar-refractivity contribution < 1.29 is 31.4 Å². The fourth-order valence-electron chi connectivity index (χ4n) is 7.33. The molecule has 5 heteroatoms. The van der Waals surface area contributed by atoms with E-state index in [0.717, 1.165) is 78.0 Å². The molecule has 0 aliphatic carbocycles. The van der Waals surface area contributed by atoms with E-state index in [0.29, 0.717) is 11.1 Å². The molecule has 0 aliphatic heterocycles. The Hall–Kier alpha value is -6.39. The van der Waals surface area contributed by atoms with Crippen LogP contribution >= 0.6 is 0 Å². The number of para-hydroxylation sites is 4. The van der Waals surface area contributed by atoms with Crippen LogP contribution in [0, 0.1) is 24.4 Å². The molecule has 0 saturated carbocycles. The van der Waals surface area contributed by atoms with Gasteiger partial charge in [-0.15, -0.1) is 47.5 Å². The van der Waals surface area contributed by atoms with Crippen molar-refractivity contribution >= 4 is 33.0 Å². The molecule has 3 aromatic heterocycles.